The number of benzene rings is 1. The van der Waals surface area contributed by atoms with Crippen LogP contribution in [0, 0.1) is 6.92 Å². The van der Waals surface area contributed by atoms with Crippen molar-refractivity contribution in [1.29, 1.82) is 0 Å². The van der Waals surface area contributed by atoms with Gasteiger partial charge >= 0.3 is 0 Å². The Morgan fingerprint density at radius 2 is 1.75 bits per heavy atom. The zero-order valence-electron chi connectivity index (χ0n) is 9.21. The summed E-state index contributed by atoms with van der Waals surface area (Å²) in [7, 11) is 0. The van der Waals surface area contributed by atoms with Crippen molar-refractivity contribution in [1.82, 2.24) is 0 Å². The molecule has 0 atom stereocenters. The fraction of sp³-hybridized carbons (Fsp3) is 0.417. The largest absolute Gasteiger partial charge is 0.195 e. The van der Waals surface area contributed by atoms with Gasteiger partial charge in [-0.3, -0.25) is 0 Å². The lowest BCUT2D eigenvalue weighted by molar-refractivity contribution is 0.399. The second-order valence-electron chi connectivity index (χ2n) is 3.95. The summed E-state index contributed by atoms with van der Waals surface area (Å²) in [6.45, 7) is 3.86. The minimum absolute atomic E-state index is 0.477. The summed E-state index contributed by atoms with van der Waals surface area (Å²) in [5, 5.41) is 15.2. The molecule has 1 radical (unpaired) electrons. The van der Waals surface area contributed by atoms with E-state index in [9.17, 15) is 0 Å². The number of hydrogen-bond acceptors (Lipinski definition) is 4. The molecule has 2 rings (SSSR count). The van der Waals surface area contributed by atoms with Crippen molar-refractivity contribution < 1.29 is 0 Å². The molecule has 0 fully saturated rings. The van der Waals surface area contributed by atoms with Gasteiger partial charge in [0.2, 0.25) is 0 Å². The summed E-state index contributed by atoms with van der Waals surface area (Å²) in [5.41, 5.74) is 0.864. The first-order valence-corrected chi connectivity index (χ1v) is 5.52. The molecule has 1 aliphatic heterocycles. The second kappa shape index (κ2) is 4.96. The summed E-state index contributed by atoms with van der Waals surface area (Å²) >= 11 is 0. The molecule has 0 bridgehead atoms. The molecule has 16 heavy (non-hydrogen) atoms. The van der Waals surface area contributed by atoms with Crippen LogP contribution in [0.1, 0.15) is 24.8 Å². The Labute approximate surface area is 95.5 Å². The summed E-state index contributed by atoms with van der Waals surface area (Å²) in [4.78, 5) is 0. The lowest BCUT2D eigenvalue weighted by Crippen LogP contribution is -2.20. The van der Waals surface area contributed by atoms with E-state index in [0.29, 0.717) is 6.42 Å². The van der Waals surface area contributed by atoms with E-state index >= 15 is 0 Å². The Balaban J connectivity index is 1.84. The molecule has 0 aliphatic carbocycles. The van der Waals surface area contributed by atoms with Crippen LogP contribution in [0.3, 0.4) is 0 Å². The Hall–Kier alpha value is -1.58. The smallest absolute Gasteiger partial charge is 0.135 e. The van der Waals surface area contributed by atoms with Gasteiger partial charge in [-0.15, -0.1) is 10.2 Å². The van der Waals surface area contributed by atoms with E-state index in [4.69, 9.17) is 0 Å². The van der Waals surface area contributed by atoms with Crippen molar-refractivity contribution >= 4 is 0 Å². The normalized spacial score (nSPS) is 16.8. The molecule has 1 aromatic carbocycles. The summed E-state index contributed by atoms with van der Waals surface area (Å²) in [6, 6.07) is 10.4. The van der Waals surface area contributed by atoms with E-state index < -0.39 is 5.66 Å². The summed E-state index contributed by atoms with van der Waals surface area (Å²) < 4.78 is 0. The van der Waals surface area contributed by atoms with Crippen LogP contribution in [-0.2, 0) is 6.42 Å². The van der Waals surface area contributed by atoms with Gasteiger partial charge in [0, 0.05) is 0 Å². The van der Waals surface area contributed by atoms with Crippen molar-refractivity contribution in [2.75, 3.05) is 0 Å². The quantitative estimate of drug-likeness (QED) is 0.718. The minimum atomic E-state index is -0.477. The average molecular weight is 215 g/mol. The molecular formula is C12H15N4. The highest BCUT2D eigenvalue weighted by Gasteiger charge is 2.30. The van der Waals surface area contributed by atoms with E-state index in [1.165, 1.54) is 5.56 Å². The first-order chi connectivity index (χ1) is 7.85. The lowest BCUT2D eigenvalue weighted by Gasteiger charge is -2.16. The van der Waals surface area contributed by atoms with Crippen molar-refractivity contribution in [3.05, 3.63) is 42.8 Å². The van der Waals surface area contributed by atoms with Gasteiger partial charge in [-0.2, -0.15) is 0 Å². The van der Waals surface area contributed by atoms with Crippen LogP contribution in [0.4, 0.5) is 0 Å². The molecule has 0 aromatic heterocycles. The zero-order valence-corrected chi connectivity index (χ0v) is 9.21. The van der Waals surface area contributed by atoms with E-state index in [1.54, 1.807) is 0 Å². The molecule has 1 heterocycles. The van der Waals surface area contributed by atoms with Crippen LogP contribution in [0.25, 0.3) is 0 Å². The number of hydrogen-bond donors (Lipinski definition) is 0. The molecule has 4 heteroatoms. The van der Waals surface area contributed by atoms with E-state index in [1.807, 2.05) is 6.07 Å². The SMILES string of the molecule is [CH2]CC1(CCCc2ccccc2)N=NN=N1. The molecular weight excluding hydrogens is 200 g/mol. The Morgan fingerprint density at radius 1 is 1.06 bits per heavy atom. The van der Waals surface area contributed by atoms with E-state index in [-0.39, 0.29) is 0 Å². The van der Waals surface area contributed by atoms with Crippen LogP contribution in [0.15, 0.2) is 51.0 Å². The first-order valence-electron chi connectivity index (χ1n) is 5.52. The lowest BCUT2D eigenvalue weighted by atomic mass is 9.99. The maximum atomic E-state index is 4.05. The molecule has 0 saturated carbocycles. The molecule has 1 aromatic rings. The number of aryl methyl sites for hydroxylation is 1. The van der Waals surface area contributed by atoms with Crippen LogP contribution < -0.4 is 0 Å². The predicted octanol–water partition coefficient (Wildman–Crippen LogP) is 3.76. The Bertz CT molecular complexity index is 371. The number of rotatable bonds is 5. The first kappa shape index (κ1) is 10.9. The maximum Gasteiger partial charge on any atom is 0.195 e. The van der Waals surface area contributed by atoms with Gasteiger partial charge in [0.1, 0.15) is 0 Å². The van der Waals surface area contributed by atoms with Crippen molar-refractivity contribution in [2.24, 2.45) is 20.7 Å². The second-order valence-corrected chi connectivity index (χ2v) is 3.95. The molecule has 0 saturated heterocycles. The molecule has 0 amide bonds. The fourth-order valence-electron chi connectivity index (χ4n) is 1.77. The third kappa shape index (κ3) is 2.51. The molecule has 83 valence electrons. The van der Waals surface area contributed by atoms with Gasteiger partial charge in [0.05, 0.1) is 0 Å². The maximum absolute atomic E-state index is 4.05. The van der Waals surface area contributed by atoms with Crippen LogP contribution >= 0.6 is 0 Å². The van der Waals surface area contributed by atoms with Gasteiger partial charge in [0.25, 0.3) is 0 Å². The molecule has 1 aliphatic rings. The highest BCUT2D eigenvalue weighted by atomic mass is 15.6. The van der Waals surface area contributed by atoms with Crippen molar-refractivity contribution in [3.8, 4) is 0 Å². The van der Waals surface area contributed by atoms with Crippen LogP contribution in [0.2, 0.25) is 0 Å². The monoisotopic (exact) mass is 215 g/mol. The zero-order chi connectivity index (χ0) is 11.3. The highest BCUT2D eigenvalue weighted by molar-refractivity contribution is 5.14. The van der Waals surface area contributed by atoms with Crippen LogP contribution in [-0.4, -0.2) is 5.66 Å². The predicted molar refractivity (Wildman–Crippen MR) is 61.8 cm³/mol. The van der Waals surface area contributed by atoms with Gasteiger partial charge in [0.15, 0.2) is 5.66 Å². The third-order valence-corrected chi connectivity index (χ3v) is 2.79. The highest BCUT2D eigenvalue weighted by Crippen LogP contribution is 2.29. The standard InChI is InChI=1S/C12H15N4/c1-2-12(13-15-16-14-12)10-6-9-11-7-4-3-5-8-11/h3-5,7-8H,1-2,6,9-10H2. The Kier molecular flexibility index (Phi) is 3.39. The van der Waals surface area contributed by atoms with Gasteiger partial charge in [-0.25, -0.2) is 0 Å². The molecule has 4 nitrogen and oxygen atoms in total. The number of nitrogens with zero attached hydrogens (tertiary/aromatic N) is 4. The van der Waals surface area contributed by atoms with Gasteiger partial charge < -0.3 is 0 Å². The molecule has 0 N–H and O–H groups in total. The van der Waals surface area contributed by atoms with Crippen molar-refractivity contribution in [3.63, 3.8) is 0 Å². The Morgan fingerprint density at radius 3 is 2.38 bits per heavy atom. The van der Waals surface area contributed by atoms with Crippen molar-refractivity contribution in [2.45, 2.75) is 31.3 Å². The van der Waals surface area contributed by atoms with E-state index in [2.05, 4.69) is 51.9 Å². The van der Waals surface area contributed by atoms with Crippen LogP contribution in [0.5, 0.6) is 0 Å². The summed E-state index contributed by atoms with van der Waals surface area (Å²) in [6.07, 6.45) is 3.54. The van der Waals surface area contributed by atoms with Gasteiger partial charge in [-0.1, -0.05) is 30.3 Å². The fourth-order valence-corrected chi connectivity index (χ4v) is 1.77. The average Bonchev–Trinajstić information content (AvgIpc) is 2.80. The molecule has 0 spiro atoms. The van der Waals surface area contributed by atoms with Gasteiger partial charge in [-0.05, 0) is 48.6 Å². The minimum Gasteiger partial charge on any atom is -0.135 e. The topological polar surface area (TPSA) is 49.4 Å². The molecule has 0 unspecified atom stereocenters. The third-order valence-electron chi connectivity index (χ3n) is 2.79. The summed E-state index contributed by atoms with van der Waals surface area (Å²) in [5.74, 6) is 0. The van der Waals surface area contributed by atoms with E-state index in [0.717, 1.165) is 19.3 Å².